The van der Waals surface area contributed by atoms with Gasteiger partial charge in [0.2, 0.25) is 0 Å². The third kappa shape index (κ3) is 6.20. The summed E-state index contributed by atoms with van der Waals surface area (Å²) in [5.74, 6) is -0.523. The summed E-state index contributed by atoms with van der Waals surface area (Å²) in [5, 5.41) is 11.7. The summed E-state index contributed by atoms with van der Waals surface area (Å²) in [6, 6.07) is 10.7. The van der Waals surface area contributed by atoms with Crippen LogP contribution in [-0.2, 0) is 31.0 Å². The monoisotopic (exact) mass is 417 g/mol. The van der Waals surface area contributed by atoms with E-state index >= 15 is 0 Å². The predicted molar refractivity (Wildman–Crippen MR) is 110 cm³/mol. The van der Waals surface area contributed by atoms with Crippen molar-refractivity contribution >= 4 is 18.1 Å². The molecule has 1 aromatic carbocycles. The number of carbonyl (C=O) groups is 2. The van der Waals surface area contributed by atoms with Gasteiger partial charge >= 0.3 is 12.1 Å². The van der Waals surface area contributed by atoms with E-state index in [1.54, 1.807) is 18.2 Å². The Hall–Kier alpha value is -3.10. The molecule has 0 saturated carbocycles. The highest BCUT2D eigenvalue weighted by Gasteiger charge is 2.28. The minimum absolute atomic E-state index is 0.0159. The maximum Gasteiger partial charge on any atom is 0.412 e. The van der Waals surface area contributed by atoms with Gasteiger partial charge < -0.3 is 23.7 Å². The quantitative estimate of drug-likeness (QED) is 0.489. The summed E-state index contributed by atoms with van der Waals surface area (Å²) in [7, 11) is 2.99. The normalized spacial score (nSPS) is 12.1. The van der Waals surface area contributed by atoms with Gasteiger partial charge in [-0.15, -0.1) is 0 Å². The Morgan fingerprint density at radius 3 is 2.33 bits per heavy atom. The Balaban J connectivity index is 2.23. The molecule has 2 N–H and O–H groups in total. The number of carboxylic acids is 1. The number of amides is 1. The number of rotatable bonds is 8. The summed E-state index contributed by atoms with van der Waals surface area (Å²) in [6.07, 6.45) is -0.350. The van der Waals surface area contributed by atoms with Gasteiger partial charge in [0.05, 0.1) is 5.56 Å². The Morgan fingerprint density at radius 1 is 1.17 bits per heavy atom. The standard InChI is InChI=1S/C22H27NO7/c1-22(2,3)18-16(20(27-4)28-5)11-15(30-18)12-17(19(24)25)23-21(26)29-13-14-9-7-6-8-10-14/h6-12,20H,13H2,1-5H3,(H,23,26)(H,24,25). The number of ether oxygens (including phenoxy) is 3. The van der Waals surface area contributed by atoms with Crippen molar-refractivity contribution in [1.29, 1.82) is 0 Å². The molecule has 0 fully saturated rings. The number of aliphatic carboxylic acids is 1. The Labute approximate surface area is 175 Å². The summed E-state index contributed by atoms with van der Waals surface area (Å²) in [5.41, 5.74) is 0.641. The lowest BCUT2D eigenvalue weighted by Gasteiger charge is -2.20. The average Bonchev–Trinajstić information content (AvgIpc) is 3.12. The predicted octanol–water partition coefficient (Wildman–Crippen LogP) is 4.22. The summed E-state index contributed by atoms with van der Waals surface area (Å²) >= 11 is 0. The number of carbonyl (C=O) groups excluding carboxylic acids is 1. The first-order valence-electron chi connectivity index (χ1n) is 9.28. The molecule has 0 radical (unpaired) electrons. The number of hydrogen-bond acceptors (Lipinski definition) is 6. The van der Waals surface area contributed by atoms with Gasteiger partial charge in [0.1, 0.15) is 23.8 Å². The SMILES string of the molecule is COC(OC)c1cc(C=C(NC(=O)OCc2ccccc2)C(=O)O)oc1C(C)(C)C. The van der Waals surface area contributed by atoms with E-state index in [9.17, 15) is 14.7 Å². The molecule has 0 saturated heterocycles. The fourth-order valence-corrected chi connectivity index (χ4v) is 2.77. The van der Waals surface area contributed by atoms with Crippen LogP contribution in [0.15, 0.2) is 46.5 Å². The third-order valence-electron chi connectivity index (χ3n) is 4.11. The molecular weight excluding hydrogens is 390 g/mol. The first-order chi connectivity index (χ1) is 14.2. The molecule has 0 bridgehead atoms. The van der Waals surface area contributed by atoms with Crippen LogP contribution in [0.25, 0.3) is 6.08 Å². The number of methoxy groups -OCH3 is 2. The van der Waals surface area contributed by atoms with Crippen LogP contribution in [0, 0.1) is 0 Å². The zero-order valence-corrected chi connectivity index (χ0v) is 17.7. The molecule has 8 nitrogen and oxygen atoms in total. The Kier molecular flexibility index (Phi) is 7.79. The van der Waals surface area contributed by atoms with Crippen LogP contribution in [0.5, 0.6) is 0 Å². The van der Waals surface area contributed by atoms with Crippen molar-refractivity contribution in [2.75, 3.05) is 14.2 Å². The van der Waals surface area contributed by atoms with Crippen LogP contribution in [0.4, 0.5) is 4.79 Å². The van der Waals surface area contributed by atoms with Crippen LogP contribution >= 0.6 is 0 Å². The summed E-state index contributed by atoms with van der Waals surface area (Å²) in [4.78, 5) is 23.7. The lowest BCUT2D eigenvalue weighted by atomic mass is 9.90. The number of hydrogen-bond donors (Lipinski definition) is 2. The number of nitrogens with one attached hydrogen (secondary N) is 1. The van der Waals surface area contributed by atoms with Gasteiger partial charge in [-0.05, 0) is 11.6 Å². The molecule has 8 heteroatoms. The Bertz CT molecular complexity index is 890. The third-order valence-corrected chi connectivity index (χ3v) is 4.11. The summed E-state index contributed by atoms with van der Waals surface area (Å²) < 4.78 is 21.6. The minimum Gasteiger partial charge on any atom is -0.477 e. The molecule has 2 aromatic rings. The van der Waals surface area contributed by atoms with Crippen LogP contribution < -0.4 is 5.32 Å². The van der Waals surface area contributed by atoms with Crippen molar-refractivity contribution in [3.8, 4) is 0 Å². The molecule has 0 atom stereocenters. The highest BCUT2D eigenvalue weighted by Crippen LogP contribution is 2.34. The summed E-state index contributed by atoms with van der Waals surface area (Å²) in [6.45, 7) is 5.86. The van der Waals surface area contributed by atoms with E-state index in [0.717, 1.165) is 5.56 Å². The first kappa shape index (κ1) is 23.2. The smallest absolute Gasteiger partial charge is 0.412 e. The second-order valence-corrected chi connectivity index (χ2v) is 7.54. The maximum absolute atomic E-state index is 12.0. The zero-order valence-electron chi connectivity index (χ0n) is 17.7. The van der Waals surface area contributed by atoms with Crippen molar-refractivity contribution in [2.45, 2.75) is 39.1 Å². The molecule has 0 unspecified atom stereocenters. The van der Waals surface area contributed by atoms with E-state index in [2.05, 4.69) is 5.32 Å². The molecule has 30 heavy (non-hydrogen) atoms. The van der Waals surface area contributed by atoms with Crippen LogP contribution in [0.3, 0.4) is 0 Å². The number of alkyl carbamates (subject to hydrolysis) is 1. The average molecular weight is 417 g/mol. The van der Waals surface area contributed by atoms with Crippen LogP contribution in [0.1, 0.15) is 49.7 Å². The number of furan rings is 1. The molecule has 0 spiro atoms. The molecule has 2 rings (SSSR count). The lowest BCUT2D eigenvalue weighted by Crippen LogP contribution is -2.27. The molecule has 1 aromatic heterocycles. The second kappa shape index (κ2) is 10.1. The van der Waals surface area contributed by atoms with E-state index in [4.69, 9.17) is 18.6 Å². The van der Waals surface area contributed by atoms with Crippen molar-refractivity contribution in [3.63, 3.8) is 0 Å². The zero-order chi connectivity index (χ0) is 22.3. The van der Waals surface area contributed by atoms with Gasteiger partial charge in [0.15, 0.2) is 6.29 Å². The number of carboxylic acid groups (broad SMARTS) is 1. The van der Waals surface area contributed by atoms with E-state index in [1.807, 2.05) is 39.0 Å². The van der Waals surface area contributed by atoms with Gasteiger partial charge in [-0.1, -0.05) is 51.1 Å². The lowest BCUT2D eigenvalue weighted by molar-refractivity contribution is -0.132. The topological polar surface area (TPSA) is 107 Å². The van der Waals surface area contributed by atoms with Crippen molar-refractivity contribution in [1.82, 2.24) is 5.32 Å². The highest BCUT2D eigenvalue weighted by molar-refractivity contribution is 5.95. The maximum atomic E-state index is 12.0. The van der Waals surface area contributed by atoms with Gasteiger partial charge in [0, 0.05) is 25.7 Å². The molecule has 0 aliphatic rings. The molecular formula is C22H27NO7. The van der Waals surface area contributed by atoms with Crippen LogP contribution in [-0.4, -0.2) is 31.4 Å². The minimum atomic E-state index is -1.34. The molecule has 162 valence electrons. The van der Waals surface area contributed by atoms with Gasteiger partial charge in [-0.2, -0.15) is 0 Å². The molecule has 0 aliphatic carbocycles. The van der Waals surface area contributed by atoms with E-state index < -0.39 is 18.4 Å². The van der Waals surface area contributed by atoms with E-state index in [0.29, 0.717) is 11.3 Å². The van der Waals surface area contributed by atoms with Crippen LogP contribution in [0.2, 0.25) is 0 Å². The van der Waals surface area contributed by atoms with E-state index in [1.165, 1.54) is 20.3 Å². The van der Waals surface area contributed by atoms with Crippen molar-refractivity contribution in [3.05, 3.63) is 64.7 Å². The van der Waals surface area contributed by atoms with Crippen molar-refractivity contribution in [2.24, 2.45) is 0 Å². The van der Waals surface area contributed by atoms with Gasteiger partial charge in [0.25, 0.3) is 0 Å². The van der Waals surface area contributed by atoms with Crippen molar-refractivity contribution < 1.29 is 33.3 Å². The second-order valence-electron chi connectivity index (χ2n) is 7.54. The fraction of sp³-hybridized carbons (Fsp3) is 0.364. The molecule has 1 amide bonds. The Morgan fingerprint density at radius 2 is 1.80 bits per heavy atom. The fourth-order valence-electron chi connectivity index (χ4n) is 2.77. The van der Waals surface area contributed by atoms with E-state index in [-0.39, 0.29) is 23.5 Å². The first-order valence-corrected chi connectivity index (χ1v) is 9.28. The number of benzene rings is 1. The largest absolute Gasteiger partial charge is 0.477 e. The van der Waals surface area contributed by atoms with Gasteiger partial charge in [-0.3, -0.25) is 5.32 Å². The van der Waals surface area contributed by atoms with Gasteiger partial charge in [-0.25, -0.2) is 9.59 Å². The molecule has 0 aliphatic heterocycles. The highest BCUT2D eigenvalue weighted by atomic mass is 16.7. The molecule has 1 heterocycles.